The third kappa shape index (κ3) is 5.44. The molecule has 0 spiro atoms. The first kappa shape index (κ1) is 28.5. The number of piperidine rings is 1. The van der Waals surface area contributed by atoms with Gasteiger partial charge >= 0.3 is 0 Å². The van der Waals surface area contributed by atoms with Crippen LogP contribution in [0.15, 0.2) is 54.9 Å². The highest BCUT2D eigenvalue weighted by Gasteiger charge is 2.33. The molecule has 222 valence electrons. The fourth-order valence-electron chi connectivity index (χ4n) is 6.35. The average Bonchev–Trinajstić information content (AvgIpc) is 3.80. The Balaban J connectivity index is 1.29. The minimum atomic E-state index is -0.396. The Labute approximate surface area is 248 Å². The van der Waals surface area contributed by atoms with Crippen LogP contribution in [-0.2, 0) is 0 Å². The predicted molar refractivity (Wildman–Crippen MR) is 167 cm³/mol. The third-order valence-electron chi connectivity index (χ3n) is 8.89. The summed E-state index contributed by atoms with van der Waals surface area (Å²) in [4.78, 5) is 11.1. The highest BCUT2D eigenvalue weighted by Crippen LogP contribution is 2.48. The molecular weight excluding hydrogens is 532 g/mol. The van der Waals surface area contributed by atoms with Crippen LogP contribution in [0, 0.1) is 11.6 Å². The maximum Gasteiger partial charge on any atom is 0.179 e. The number of benzene rings is 2. The van der Waals surface area contributed by atoms with Crippen molar-refractivity contribution in [2.24, 2.45) is 0 Å². The van der Waals surface area contributed by atoms with Crippen molar-refractivity contribution in [1.82, 2.24) is 9.88 Å². The Kier molecular flexibility index (Phi) is 7.60. The number of nitrogens with zero attached hydrogens (tertiary/aromatic N) is 4. The number of halogens is 2. The van der Waals surface area contributed by atoms with Crippen molar-refractivity contribution >= 4 is 22.9 Å². The molecule has 1 saturated heterocycles. The van der Waals surface area contributed by atoms with Crippen molar-refractivity contribution in [3.05, 3.63) is 72.1 Å². The van der Waals surface area contributed by atoms with E-state index in [0.717, 1.165) is 61.2 Å². The summed E-state index contributed by atoms with van der Waals surface area (Å²) in [6.07, 6.45) is 5.78. The van der Waals surface area contributed by atoms with Crippen LogP contribution < -0.4 is 19.9 Å². The van der Waals surface area contributed by atoms with Gasteiger partial charge in [-0.1, -0.05) is 6.58 Å². The van der Waals surface area contributed by atoms with E-state index in [0.29, 0.717) is 34.8 Å². The van der Waals surface area contributed by atoms with E-state index in [2.05, 4.69) is 59.5 Å². The molecule has 3 aliphatic rings. The molecule has 1 unspecified atom stereocenters. The van der Waals surface area contributed by atoms with Crippen LogP contribution in [0.5, 0.6) is 5.75 Å². The zero-order valence-electron chi connectivity index (χ0n) is 25.3. The van der Waals surface area contributed by atoms with Gasteiger partial charge in [0.25, 0.3) is 0 Å². The van der Waals surface area contributed by atoms with Gasteiger partial charge in [0, 0.05) is 37.1 Å². The normalized spacial score (nSPS) is 19.4. The molecule has 0 amide bonds. The van der Waals surface area contributed by atoms with Crippen LogP contribution in [0.3, 0.4) is 0 Å². The molecule has 2 aliphatic heterocycles. The number of hydrogen-bond donors (Lipinski definition) is 1. The molecule has 6 nitrogen and oxygen atoms in total. The zero-order valence-corrected chi connectivity index (χ0v) is 25.3. The standard InChI is InChI=1S/C34H41F2N5O/c1-20(2)41-21(3)22(4)42-34-30(36)15-24(16-32(34)41)27-18-33(37-19-28(27)23-7-8-23)38-25-9-10-31(29(35)17-25)40-13-11-26(12-14-40)39(5)6/h9-10,15-20,22-23,26H,3,7-8,11-14H2,1-2,4-6H3,(H,37,38). The number of rotatable bonds is 7. The topological polar surface area (TPSA) is 43.9 Å². The van der Waals surface area contributed by atoms with Crippen LogP contribution in [-0.4, -0.2) is 55.3 Å². The summed E-state index contributed by atoms with van der Waals surface area (Å²) >= 11 is 0. The van der Waals surface area contributed by atoms with Gasteiger partial charge in [-0.05, 0) is 120 Å². The van der Waals surface area contributed by atoms with E-state index in [9.17, 15) is 0 Å². The van der Waals surface area contributed by atoms with Crippen LogP contribution in [0.1, 0.15) is 57.9 Å². The van der Waals surface area contributed by atoms with Crippen molar-refractivity contribution in [2.75, 3.05) is 42.3 Å². The average molecular weight is 574 g/mol. The lowest BCUT2D eigenvalue weighted by molar-refractivity contribution is 0.229. The fraction of sp³-hybridized carbons (Fsp3) is 0.441. The van der Waals surface area contributed by atoms with Gasteiger partial charge in [0.1, 0.15) is 17.7 Å². The summed E-state index contributed by atoms with van der Waals surface area (Å²) in [5, 5.41) is 3.29. The number of aromatic nitrogens is 1. The number of ether oxygens (including phenoxy) is 1. The molecule has 3 aromatic rings. The van der Waals surface area contributed by atoms with E-state index in [1.54, 1.807) is 6.07 Å². The monoisotopic (exact) mass is 573 g/mol. The molecular formula is C34H41F2N5O. The van der Waals surface area contributed by atoms with Gasteiger partial charge in [-0.2, -0.15) is 0 Å². The van der Waals surface area contributed by atoms with Crippen molar-refractivity contribution in [1.29, 1.82) is 0 Å². The smallest absolute Gasteiger partial charge is 0.179 e. The molecule has 1 aliphatic carbocycles. The number of hydrogen-bond acceptors (Lipinski definition) is 6. The van der Waals surface area contributed by atoms with Crippen LogP contribution in [0.4, 0.5) is 31.7 Å². The molecule has 1 atom stereocenters. The van der Waals surface area contributed by atoms with Crippen molar-refractivity contribution in [3.63, 3.8) is 0 Å². The number of fused-ring (bicyclic) bond motifs is 1. The lowest BCUT2D eigenvalue weighted by Gasteiger charge is -2.39. The van der Waals surface area contributed by atoms with Gasteiger partial charge in [-0.3, -0.25) is 0 Å². The van der Waals surface area contributed by atoms with Crippen LogP contribution >= 0.6 is 0 Å². The van der Waals surface area contributed by atoms with Crippen molar-refractivity contribution < 1.29 is 13.5 Å². The molecule has 0 radical (unpaired) electrons. The molecule has 1 N–H and O–H groups in total. The Morgan fingerprint density at radius 3 is 2.38 bits per heavy atom. The number of anilines is 4. The highest BCUT2D eigenvalue weighted by molar-refractivity contribution is 5.79. The van der Waals surface area contributed by atoms with Gasteiger partial charge in [0.2, 0.25) is 0 Å². The quantitative estimate of drug-likeness (QED) is 0.313. The second-order valence-corrected chi connectivity index (χ2v) is 12.4. The third-order valence-corrected chi connectivity index (χ3v) is 8.89. The van der Waals surface area contributed by atoms with Gasteiger partial charge in [-0.15, -0.1) is 0 Å². The van der Waals surface area contributed by atoms with E-state index < -0.39 is 5.82 Å². The van der Waals surface area contributed by atoms with Gasteiger partial charge in [0.15, 0.2) is 11.6 Å². The first-order valence-electron chi connectivity index (χ1n) is 15.1. The van der Waals surface area contributed by atoms with E-state index >= 15 is 8.78 Å². The SMILES string of the molecule is C=C1C(C)Oc2c(F)cc(-c3cc(Nc4ccc(N5CCC(N(C)C)CC5)c(F)c4)ncc3C3CC3)cc2N1C(C)C. The van der Waals surface area contributed by atoms with Crippen LogP contribution in [0.25, 0.3) is 11.1 Å². The summed E-state index contributed by atoms with van der Waals surface area (Å²) in [6, 6.07) is 11.4. The minimum absolute atomic E-state index is 0.0898. The van der Waals surface area contributed by atoms with Crippen molar-refractivity contribution in [2.45, 2.75) is 70.6 Å². The largest absolute Gasteiger partial charge is 0.479 e. The molecule has 6 rings (SSSR count). The Morgan fingerprint density at radius 1 is 1.00 bits per heavy atom. The van der Waals surface area contributed by atoms with E-state index in [-0.39, 0.29) is 23.7 Å². The molecule has 2 aromatic carbocycles. The summed E-state index contributed by atoms with van der Waals surface area (Å²) < 4.78 is 36.8. The number of pyridine rings is 1. The highest BCUT2D eigenvalue weighted by atomic mass is 19.1. The summed E-state index contributed by atoms with van der Waals surface area (Å²) in [6.45, 7) is 11.9. The molecule has 42 heavy (non-hydrogen) atoms. The molecule has 8 heteroatoms. The van der Waals surface area contributed by atoms with Crippen molar-refractivity contribution in [3.8, 4) is 16.9 Å². The maximum atomic E-state index is 15.6. The Hall–Kier alpha value is -3.65. The maximum absolute atomic E-state index is 15.6. The molecule has 0 bridgehead atoms. The van der Waals surface area contributed by atoms with Crippen LogP contribution in [0.2, 0.25) is 0 Å². The summed E-state index contributed by atoms with van der Waals surface area (Å²) in [7, 11) is 4.21. The summed E-state index contributed by atoms with van der Waals surface area (Å²) in [5.41, 5.74) is 5.53. The van der Waals surface area contributed by atoms with Gasteiger partial charge in [0.05, 0.1) is 17.1 Å². The van der Waals surface area contributed by atoms with E-state index in [4.69, 9.17) is 4.74 Å². The second-order valence-electron chi connectivity index (χ2n) is 12.4. The molecule has 1 saturated carbocycles. The van der Waals surface area contributed by atoms with E-state index in [1.165, 1.54) is 6.07 Å². The summed E-state index contributed by atoms with van der Waals surface area (Å²) in [5.74, 6) is 0.600. The van der Waals surface area contributed by atoms with Gasteiger partial charge < -0.3 is 24.8 Å². The van der Waals surface area contributed by atoms with E-state index in [1.807, 2.05) is 37.4 Å². The first-order chi connectivity index (χ1) is 20.1. The minimum Gasteiger partial charge on any atom is -0.479 e. The predicted octanol–water partition coefficient (Wildman–Crippen LogP) is 7.69. The lowest BCUT2D eigenvalue weighted by Crippen LogP contribution is -2.42. The van der Waals surface area contributed by atoms with Gasteiger partial charge in [-0.25, -0.2) is 13.8 Å². The zero-order chi connectivity index (χ0) is 29.7. The first-order valence-corrected chi connectivity index (χ1v) is 15.1. The lowest BCUT2D eigenvalue weighted by atomic mass is 9.96. The molecule has 3 heterocycles. The second kappa shape index (κ2) is 11.2. The molecule has 2 fully saturated rings. The Morgan fingerprint density at radius 2 is 1.74 bits per heavy atom. The Bertz CT molecular complexity index is 1490. The molecule has 1 aromatic heterocycles. The fourth-order valence-corrected chi connectivity index (χ4v) is 6.35. The number of nitrogens with one attached hydrogen (secondary N) is 1.